The van der Waals surface area contributed by atoms with Crippen LogP contribution < -0.4 is 9.99 Å². The Balaban J connectivity index is 2.20. The molecule has 1 rings (SSSR count). The third-order valence-corrected chi connectivity index (χ3v) is 2.24. The molecule has 0 aliphatic carbocycles. The lowest BCUT2D eigenvalue weighted by molar-refractivity contribution is -0.361. The SMILES string of the molecule is CCCCCC1=C([O-])O[N+]S1. The second-order valence-electron chi connectivity index (χ2n) is 2.42. The fourth-order valence-corrected chi connectivity index (χ4v) is 1.41. The fourth-order valence-electron chi connectivity index (χ4n) is 0.869. The van der Waals surface area contributed by atoms with Gasteiger partial charge in [0, 0.05) is 0 Å². The van der Waals surface area contributed by atoms with Crippen molar-refractivity contribution in [2.24, 2.45) is 0 Å². The molecule has 2 radical (unpaired) electrons. The molecule has 0 fully saturated rings. The van der Waals surface area contributed by atoms with Crippen molar-refractivity contribution in [1.29, 1.82) is 0 Å². The van der Waals surface area contributed by atoms with Crippen LogP contribution in [0.1, 0.15) is 32.6 Å². The van der Waals surface area contributed by atoms with E-state index in [1.165, 1.54) is 18.4 Å². The standard InChI is InChI=1S/C7H12NO2S/c1-2-3-4-5-6-7(9)10-8-11-6/h9H,2-5H2,1H3/q+1/p-1. The molecule has 1 heterocycles. The summed E-state index contributed by atoms with van der Waals surface area (Å²) in [5, 5.41) is 10.8. The molecule has 11 heavy (non-hydrogen) atoms. The lowest BCUT2D eigenvalue weighted by Crippen LogP contribution is -2.06. The Morgan fingerprint density at radius 1 is 1.55 bits per heavy atom. The number of rotatable bonds is 4. The van der Waals surface area contributed by atoms with E-state index in [9.17, 15) is 5.11 Å². The van der Waals surface area contributed by atoms with E-state index in [1.807, 2.05) is 0 Å². The molecule has 0 atom stereocenters. The minimum atomic E-state index is -0.258. The molecule has 0 amide bonds. The van der Waals surface area contributed by atoms with E-state index in [0.29, 0.717) is 0 Å². The maximum Gasteiger partial charge on any atom is 0.320 e. The van der Waals surface area contributed by atoms with E-state index in [0.717, 1.165) is 24.2 Å². The first kappa shape index (κ1) is 8.74. The lowest BCUT2D eigenvalue weighted by atomic mass is 10.2. The number of allylic oxidation sites excluding steroid dienone is 1. The average Bonchev–Trinajstić information content (AvgIpc) is 2.37. The van der Waals surface area contributed by atoms with Gasteiger partial charge in [-0.25, -0.2) is 0 Å². The van der Waals surface area contributed by atoms with Crippen LogP contribution in [0.15, 0.2) is 10.9 Å². The van der Waals surface area contributed by atoms with Crippen LogP contribution in [0, 0.1) is 0 Å². The van der Waals surface area contributed by atoms with Crippen LogP contribution in [0.5, 0.6) is 0 Å². The van der Waals surface area contributed by atoms with Crippen molar-refractivity contribution in [3.63, 3.8) is 0 Å². The van der Waals surface area contributed by atoms with Gasteiger partial charge < -0.3 is 9.94 Å². The highest BCUT2D eigenvalue weighted by atomic mass is 32.2. The number of nitrogens with zero attached hydrogens (tertiary/aromatic N) is 1. The van der Waals surface area contributed by atoms with Gasteiger partial charge in [0.1, 0.15) is 5.95 Å². The zero-order valence-corrected chi connectivity index (χ0v) is 7.32. The maximum atomic E-state index is 10.8. The Hall–Kier alpha value is -0.350. The van der Waals surface area contributed by atoms with Gasteiger partial charge in [-0.15, -0.1) is 0 Å². The van der Waals surface area contributed by atoms with Gasteiger partial charge in [0.15, 0.2) is 0 Å². The first-order valence-electron chi connectivity index (χ1n) is 3.79. The summed E-state index contributed by atoms with van der Waals surface area (Å²) in [7, 11) is 0. The molecule has 62 valence electrons. The van der Waals surface area contributed by atoms with Crippen LogP contribution in [-0.2, 0) is 4.84 Å². The minimum absolute atomic E-state index is 0.258. The second-order valence-corrected chi connectivity index (χ2v) is 3.25. The van der Waals surface area contributed by atoms with E-state index in [4.69, 9.17) is 0 Å². The fraction of sp³-hybridized carbons (Fsp3) is 0.714. The van der Waals surface area contributed by atoms with Crippen molar-refractivity contribution in [2.75, 3.05) is 0 Å². The Morgan fingerprint density at radius 3 is 2.91 bits per heavy atom. The Bertz CT molecular complexity index is 159. The van der Waals surface area contributed by atoms with Crippen molar-refractivity contribution in [1.82, 2.24) is 4.89 Å². The number of unbranched alkanes of at least 4 members (excludes halogenated alkanes) is 2. The van der Waals surface area contributed by atoms with Gasteiger partial charge >= 0.3 is 4.89 Å². The molecule has 0 bridgehead atoms. The first-order chi connectivity index (χ1) is 5.34. The Kier molecular flexibility index (Phi) is 3.59. The van der Waals surface area contributed by atoms with Crippen molar-refractivity contribution in [2.45, 2.75) is 32.6 Å². The molecule has 0 unspecified atom stereocenters. The van der Waals surface area contributed by atoms with E-state index in [2.05, 4.69) is 16.6 Å². The molecule has 0 aromatic carbocycles. The zero-order chi connectivity index (χ0) is 8.10. The topological polar surface area (TPSA) is 46.4 Å². The van der Waals surface area contributed by atoms with E-state index in [1.54, 1.807) is 0 Å². The van der Waals surface area contributed by atoms with Crippen LogP contribution in [0.4, 0.5) is 0 Å². The predicted molar refractivity (Wildman–Crippen MR) is 42.0 cm³/mol. The van der Waals surface area contributed by atoms with Gasteiger partial charge in [0.2, 0.25) is 0 Å². The summed E-state index contributed by atoms with van der Waals surface area (Å²) < 4.78 is 0. The summed E-state index contributed by atoms with van der Waals surface area (Å²) in [6.07, 6.45) is 4.21. The smallest absolute Gasteiger partial charge is 0.320 e. The Morgan fingerprint density at radius 2 is 2.36 bits per heavy atom. The maximum absolute atomic E-state index is 10.8. The Labute approximate surface area is 70.9 Å². The monoisotopic (exact) mass is 173 g/mol. The zero-order valence-electron chi connectivity index (χ0n) is 6.50. The minimum Gasteiger partial charge on any atom is -0.540 e. The van der Waals surface area contributed by atoms with E-state index >= 15 is 0 Å². The first-order valence-corrected chi connectivity index (χ1v) is 4.56. The molecule has 1 aliphatic heterocycles. The van der Waals surface area contributed by atoms with E-state index < -0.39 is 0 Å². The molecule has 0 N–H and O–H groups in total. The number of hydrogen-bond donors (Lipinski definition) is 0. The van der Waals surface area contributed by atoms with Gasteiger partial charge in [-0.05, 0) is 12.8 Å². The van der Waals surface area contributed by atoms with Gasteiger partial charge in [0.05, 0.1) is 4.91 Å². The highest BCUT2D eigenvalue weighted by Crippen LogP contribution is 2.27. The van der Waals surface area contributed by atoms with Crippen molar-refractivity contribution in [3.8, 4) is 0 Å². The van der Waals surface area contributed by atoms with Gasteiger partial charge in [-0.1, -0.05) is 19.8 Å². The normalized spacial score (nSPS) is 17.2. The van der Waals surface area contributed by atoms with Gasteiger partial charge in [-0.3, -0.25) is 0 Å². The van der Waals surface area contributed by atoms with Crippen LogP contribution in [-0.4, -0.2) is 0 Å². The van der Waals surface area contributed by atoms with E-state index in [-0.39, 0.29) is 5.95 Å². The summed E-state index contributed by atoms with van der Waals surface area (Å²) in [6.45, 7) is 2.13. The molecule has 0 saturated carbocycles. The summed E-state index contributed by atoms with van der Waals surface area (Å²) in [4.78, 5) is 8.61. The van der Waals surface area contributed by atoms with Gasteiger partial charge in [0.25, 0.3) is 11.9 Å². The summed E-state index contributed by atoms with van der Waals surface area (Å²) in [5.41, 5.74) is 0. The summed E-state index contributed by atoms with van der Waals surface area (Å²) >= 11 is 1.17. The third-order valence-electron chi connectivity index (χ3n) is 1.50. The lowest BCUT2D eigenvalue weighted by Gasteiger charge is -1.97. The highest BCUT2D eigenvalue weighted by Gasteiger charge is 2.22. The molecule has 0 saturated heterocycles. The predicted octanol–water partition coefficient (Wildman–Crippen LogP) is 1.29. The number of hydrogen-bond acceptors (Lipinski definition) is 3. The molecule has 0 aromatic rings. The molecular weight excluding hydrogens is 162 g/mol. The molecule has 3 nitrogen and oxygen atoms in total. The average molecular weight is 173 g/mol. The molecular formula is C7H11NO2S. The molecule has 0 aromatic heterocycles. The van der Waals surface area contributed by atoms with Crippen LogP contribution in [0.3, 0.4) is 0 Å². The summed E-state index contributed by atoms with van der Waals surface area (Å²) in [5.74, 6) is -0.258. The van der Waals surface area contributed by atoms with Crippen LogP contribution in [0.2, 0.25) is 0 Å². The third kappa shape index (κ3) is 2.63. The van der Waals surface area contributed by atoms with Crippen LogP contribution in [0.25, 0.3) is 0 Å². The van der Waals surface area contributed by atoms with Crippen molar-refractivity contribution < 1.29 is 9.94 Å². The van der Waals surface area contributed by atoms with Crippen LogP contribution >= 0.6 is 11.9 Å². The van der Waals surface area contributed by atoms with Gasteiger partial charge in [-0.2, -0.15) is 0 Å². The molecule has 0 spiro atoms. The molecule has 1 aliphatic rings. The summed E-state index contributed by atoms with van der Waals surface area (Å²) in [6, 6.07) is 0. The van der Waals surface area contributed by atoms with Crippen molar-refractivity contribution >= 4 is 11.9 Å². The quantitative estimate of drug-likeness (QED) is 0.475. The highest BCUT2D eigenvalue weighted by molar-refractivity contribution is 8.01. The second kappa shape index (κ2) is 4.51. The largest absolute Gasteiger partial charge is 0.540 e. The molecule has 4 heteroatoms. The van der Waals surface area contributed by atoms with Crippen molar-refractivity contribution in [3.05, 3.63) is 10.9 Å².